The molecule has 0 fully saturated rings. The van der Waals surface area contributed by atoms with Gasteiger partial charge in [-0.3, -0.25) is 4.79 Å². The van der Waals surface area contributed by atoms with Gasteiger partial charge >= 0.3 is 0 Å². The van der Waals surface area contributed by atoms with Gasteiger partial charge in [0.25, 0.3) is 5.56 Å². The second kappa shape index (κ2) is 6.94. The van der Waals surface area contributed by atoms with E-state index >= 15 is 0 Å². The molecule has 2 heterocycles. The summed E-state index contributed by atoms with van der Waals surface area (Å²) in [4.78, 5) is 22.0. The van der Waals surface area contributed by atoms with Gasteiger partial charge in [0.05, 0.1) is 10.9 Å². The lowest BCUT2D eigenvalue weighted by Crippen LogP contribution is -2.23. The van der Waals surface area contributed by atoms with E-state index in [1.165, 1.54) is 4.57 Å². The number of aromatic nitrogens is 3. The Bertz CT molecular complexity index is 1150. The minimum atomic E-state index is -0.148. The number of pyridine rings is 1. The first-order valence-corrected chi connectivity index (χ1v) is 8.47. The van der Waals surface area contributed by atoms with E-state index in [0.29, 0.717) is 27.6 Å². The number of hydrogen-bond donors (Lipinski definition) is 0. The van der Waals surface area contributed by atoms with Gasteiger partial charge in [-0.05, 0) is 48.0 Å². The fraction of sp³-hybridized carbons (Fsp3) is 0. The summed E-state index contributed by atoms with van der Waals surface area (Å²) >= 11 is 5.93. The normalized spacial score (nSPS) is 11.3. The smallest absolute Gasteiger partial charge is 0.267 e. The van der Waals surface area contributed by atoms with Crippen LogP contribution in [0.15, 0.2) is 77.7 Å². The van der Waals surface area contributed by atoms with Crippen molar-refractivity contribution in [1.29, 1.82) is 0 Å². The molecule has 0 saturated carbocycles. The molecule has 0 bridgehead atoms. The Hall–Kier alpha value is -3.24. The number of hydrogen-bond acceptors (Lipinski definition) is 3. The molecular weight excluding hydrogens is 346 g/mol. The maximum Gasteiger partial charge on any atom is 0.267 e. The van der Waals surface area contributed by atoms with Gasteiger partial charge in [-0.15, -0.1) is 0 Å². The number of nitrogens with zero attached hydrogens (tertiary/aromatic N) is 3. The Morgan fingerprint density at radius 3 is 2.42 bits per heavy atom. The van der Waals surface area contributed by atoms with Crippen LogP contribution < -0.4 is 5.56 Å². The van der Waals surface area contributed by atoms with Crippen molar-refractivity contribution in [3.63, 3.8) is 0 Å². The first-order valence-electron chi connectivity index (χ1n) is 8.09. The van der Waals surface area contributed by atoms with Crippen molar-refractivity contribution in [1.82, 2.24) is 14.5 Å². The third-order valence-electron chi connectivity index (χ3n) is 3.97. The molecule has 0 aliphatic carbocycles. The van der Waals surface area contributed by atoms with Gasteiger partial charge in [-0.2, -0.15) is 0 Å². The van der Waals surface area contributed by atoms with Crippen molar-refractivity contribution >= 4 is 34.7 Å². The van der Waals surface area contributed by atoms with Gasteiger partial charge in [0.15, 0.2) is 0 Å². The molecule has 126 valence electrons. The fourth-order valence-corrected chi connectivity index (χ4v) is 2.84. The average Bonchev–Trinajstić information content (AvgIpc) is 2.68. The van der Waals surface area contributed by atoms with Crippen LogP contribution in [-0.4, -0.2) is 14.5 Å². The molecule has 0 amide bonds. The highest BCUT2D eigenvalue weighted by molar-refractivity contribution is 6.30. The maximum atomic E-state index is 13.0. The van der Waals surface area contributed by atoms with Crippen LogP contribution in [0.1, 0.15) is 11.4 Å². The molecule has 2 aromatic heterocycles. The molecule has 0 saturated heterocycles. The van der Waals surface area contributed by atoms with Gasteiger partial charge in [0.1, 0.15) is 11.6 Å². The first kappa shape index (κ1) is 16.2. The van der Waals surface area contributed by atoms with Crippen molar-refractivity contribution in [2.24, 2.45) is 0 Å². The van der Waals surface area contributed by atoms with Crippen LogP contribution in [0.5, 0.6) is 0 Å². The molecule has 0 N–H and O–H groups in total. The third-order valence-corrected chi connectivity index (χ3v) is 4.23. The topological polar surface area (TPSA) is 47.8 Å². The highest BCUT2D eigenvalue weighted by Gasteiger charge is 2.11. The molecular formula is C21H14ClN3O. The number of benzene rings is 2. The quantitative estimate of drug-likeness (QED) is 0.537. The largest absolute Gasteiger partial charge is 0.268 e. The molecule has 0 aliphatic rings. The molecule has 0 spiro atoms. The Morgan fingerprint density at radius 1 is 0.885 bits per heavy atom. The third kappa shape index (κ3) is 3.15. The predicted octanol–water partition coefficient (Wildman–Crippen LogP) is 4.60. The van der Waals surface area contributed by atoms with Crippen molar-refractivity contribution in [2.75, 3.05) is 0 Å². The lowest BCUT2D eigenvalue weighted by atomic mass is 10.2. The Balaban J connectivity index is 1.92. The molecule has 0 aliphatic heterocycles. The Morgan fingerprint density at radius 2 is 1.65 bits per heavy atom. The summed E-state index contributed by atoms with van der Waals surface area (Å²) in [6.07, 6.45) is 5.36. The Kier molecular flexibility index (Phi) is 4.33. The SMILES string of the molecule is O=c1c2ccccc2nc(C=Cc2ccc(Cl)cc2)n1-c1ccccn1. The fourth-order valence-electron chi connectivity index (χ4n) is 2.71. The van der Waals surface area contributed by atoms with Crippen LogP contribution in [-0.2, 0) is 0 Å². The predicted molar refractivity (Wildman–Crippen MR) is 106 cm³/mol. The highest BCUT2D eigenvalue weighted by Crippen LogP contribution is 2.15. The number of halogens is 1. The molecule has 0 radical (unpaired) electrons. The van der Waals surface area contributed by atoms with Crippen molar-refractivity contribution in [3.8, 4) is 5.82 Å². The zero-order valence-electron chi connectivity index (χ0n) is 13.7. The van der Waals surface area contributed by atoms with Gasteiger partial charge in [-0.1, -0.05) is 48.0 Å². The van der Waals surface area contributed by atoms with E-state index in [-0.39, 0.29) is 5.56 Å². The van der Waals surface area contributed by atoms with E-state index in [1.54, 1.807) is 18.3 Å². The average molecular weight is 360 g/mol. The first-order chi connectivity index (χ1) is 12.7. The molecule has 4 rings (SSSR count). The standard InChI is InChI=1S/C21H14ClN3O/c22-16-11-8-15(9-12-16)10-13-20-24-18-6-2-1-5-17(18)21(26)25(20)19-7-3-4-14-23-19/h1-14H. The van der Waals surface area contributed by atoms with E-state index in [0.717, 1.165) is 5.56 Å². The van der Waals surface area contributed by atoms with Gasteiger partial charge in [0.2, 0.25) is 0 Å². The molecule has 0 atom stereocenters. The van der Waals surface area contributed by atoms with Crippen molar-refractivity contribution < 1.29 is 0 Å². The second-order valence-electron chi connectivity index (χ2n) is 5.70. The molecule has 5 heteroatoms. The zero-order chi connectivity index (χ0) is 17.9. The van der Waals surface area contributed by atoms with Crippen LogP contribution in [0.25, 0.3) is 28.9 Å². The van der Waals surface area contributed by atoms with E-state index in [2.05, 4.69) is 9.97 Å². The molecule has 26 heavy (non-hydrogen) atoms. The summed E-state index contributed by atoms with van der Waals surface area (Å²) in [5, 5.41) is 1.23. The van der Waals surface area contributed by atoms with E-state index < -0.39 is 0 Å². The summed E-state index contributed by atoms with van der Waals surface area (Å²) in [6.45, 7) is 0. The molecule has 4 aromatic rings. The van der Waals surface area contributed by atoms with Crippen molar-refractivity contribution in [2.45, 2.75) is 0 Å². The van der Waals surface area contributed by atoms with Gasteiger partial charge in [-0.25, -0.2) is 14.5 Å². The number of rotatable bonds is 3. The van der Waals surface area contributed by atoms with E-state index in [1.807, 2.05) is 66.7 Å². The summed E-state index contributed by atoms with van der Waals surface area (Å²) in [5.41, 5.74) is 1.47. The van der Waals surface area contributed by atoms with Gasteiger partial charge < -0.3 is 0 Å². The van der Waals surface area contributed by atoms with E-state index in [4.69, 9.17) is 11.6 Å². The molecule has 2 aromatic carbocycles. The summed E-state index contributed by atoms with van der Waals surface area (Å²) in [5.74, 6) is 1.05. The summed E-state index contributed by atoms with van der Waals surface area (Å²) in [6, 6.07) is 20.2. The highest BCUT2D eigenvalue weighted by atomic mass is 35.5. The van der Waals surface area contributed by atoms with Crippen LogP contribution >= 0.6 is 11.6 Å². The zero-order valence-corrected chi connectivity index (χ0v) is 14.5. The molecule has 0 unspecified atom stereocenters. The van der Waals surface area contributed by atoms with Crippen LogP contribution in [0.4, 0.5) is 0 Å². The summed E-state index contributed by atoms with van der Waals surface area (Å²) < 4.78 is 1.52. The van der Waals surface area contributed by atoms with Crippen molar-refractivity contribution in [3.05, 3.63) is 99.7 Å². The lowest BCUT2D eigenvalue weighted by Gasteiger charge is -2.10. The minimum Gasteiger partial charge on any atom is -0.268 e. The minimum absolute atomic E-state index is 0.148. The summed E-state index contributed by atoms with van der Waals surface area (Å²) in [7, 11) is 0. The van der Waals surface area contributed by atoms with Crippen LogP contribution in [0, 0.1) is 0 Å². The second-order valence-corrected chi connectivity index (χ2v) is 6.14. The number of para-hydroxylation sites is 1. The van der Waals surface area contributed by atoms with Gasteiger partial charge in [0, 0.05) is 11.2 Å². The number of fused-ring (bicyclic) bond motifs is 1. The monoisotopic (exact) mass is 359 g/mol. The van der Waals surface area contributed by atoms with Crippen LogP contribution in [0.2, 0.25) is 5.02 Å². The van der Waals surface area contributed by atoms with Crippen LogP contribution in [0.3, 0.4) is 0 Å². The maximum absolute atomic E-state index is 13.0. The van der Waals surface area contributed by atoms with E-state index in [9.17, 15) is 4.79 Å². The molecule has 4 nitrogen and oxygen atoms in total. The Labute approximate surface area is 155 Å². The lowest BCUT2D eigenvalue weighted by molar-refractivity contribution is 0.905.